The number of fused-ring (bicyclic) bond motifs is 1. The molecule has 1 N–H and O–H groups in total. The molecule has 0 saturated heterocycles. The van der Waals surface area contributed by atoms with E-state index in [1.54, 1.807) is 0 Å². The molecule has 1 aliphatic rings. The molecule has 0 atom stereocenters. The van der Waals surface area contributed by atoms with E-state index < -0.39 is 0 Å². The van der Waals surface area contributed by atoms with E-state index in [1.807, 2.05) is 36.4 Å². The lowest BCUT2D eigenvalue weighted by atomic mass is 10.1. The van der Waals surface area contributed by atoms with Gasteiger partial charge in [0.1, 0.15) is 0 Å². The largest absolute Gasteiger partial charge is 0.454 e. The predicted molar refractivity (Wildman–Crippen MR) is 88.4 cm³/mol. The third kappa shape index (κ3) is 4.49. The molecule has 0 saturated carbocycles. The molecule has 2 aromatic carbocycles. The van der Waals surface area contributed by atoms with Gasteiger partial charge >= 0.3 is 0 Å². The summed E-state index contributed by atoms with van der Waals surface area (Å²) < 4.78 is 10.6. The number of nitrogens with one attached hydrogen (secondary N) is 1. The second-order valence-corrected chi connectivity index (χ2v) is 5.66. The monoisotopic (exact) mass is 311 g/mol. The average molecular weight is 311 g/mol. The molecule has 0 unspecified atom stereocenters. The topological polar surface area (TPSA) is 47.6 Å². The molecule has 3 rings (SSSR count). The molecule has 120 valence electrons. The van der Waals surface area contributed by atoms with Crippen LogP contribution in [0.5, 0.6) is 11.5 Å². The summed E-state index contributed by atoms with van der Waals surface area (Å²) in [6.45, 7) is 0.792. The third-order valence-electron chi connectivity index (χ3n) is 3.89. The van der Waals surface area contributed by atoms with Gasteiger partial charge in [-0.2, -0.15) is 0 Å². The van der Waals surface area contributed by atoms with Crippen molar-refractivity contribution in [1.29, 1.82) is 0 Å². The fraction of sp³-hybridized carbons (Fsp3) is 0.316. The van der Waals surface area contributed by atoms with E-state index in [4.69, 9.17) is 9.47 Å². The summed E-state index contributed by atoms with van der Waals surface area (Å²) in [7, 11) is 0. The maximum Gasteiger partial charge on any atom is 0.231 e. The highest BCUT2D eigenvalue weighted by atomic mass is 16.7. The number of aryl methyl sites for hydroxylation is 1. The zero-order chi connectivity index (χ0) is 15.9. The van der Waals surface area contributed by atoms with Crippen LogP contribution in [0.4, 0.5) is 0 Å². The van der Waals surface area contributed by atoms with Gasteiger partial charge in [0, 0.05) is 13.0 Å². The molecular formula is C19H21NO3. The number of amides is 1. The van der Waals surface area contributed by atoms with Crippen LogP contribution in [0.3, 0.4) is 0 Å². The van der Waals surface area contributed by atoms with Crippen molar-refractivity contribution in [3.05, 3.63) is 59.7 Å². The second-order valence-electron chi connectivity index (χ2n) is 5.66. The van der Waals surface area contributed by atoms with Crippen LogP contribution < -0.4 is 14.8 Å². The number of carbonyl (C=O) groups excluding carboxylic acids is 1. The Morgan fingerprint density at radius 2 is 1.78 bits per heavy atom. The highest BCUT2D eigenvalue weighted by Gasteiger charge is 2.13. The number of rotatable bonds is 7. The fourth-order valence-corrected chi connectivity index (χ4v) is 2.60. The molecule has 0 fully saturated rings. The standard InChI is InChI=1S/C19H21NO3/c21-19(9-5-4-8-15-6-2-1-3-7-15)20-13-16-10-11-17-18(12-16)23-14-22-17/h1-3,6-7,10-12H,4-5,8-9,13-14H2,(H,20,21). The van der Waals surface area contributed by atoms with E-state index in [9.17, 15) is 4.79 Å². The summed E-state index contributed by atoms with van der Waals surface area (Å²) in [5.41, 5.74) is 2.35. The highest BCUT2D eigenvalue weighted by Crippen LogP contribution is 2.32. The van der Waals surface area contributed by atoms with Crippen molar-refractivity contribution in [2.24, 2.45) is 0 Å². The maximum atomic E-state index is 11.9. The summed E-state index contributed by atoms with van der Waals surface area (Å²) >= 11 is 0. The van der Waals surface area contributed by atoms with Gasteiger partial charge in [-0.15, -0.1) is 0 Å². The molecule has 4 heteroatoms. The summed E-state index contributed by atoms with van der Waals surface area (Å²) in [5.74, 6) is 1.61. The van der Waals surface area contributed by atoms with Crippen molar-refractivity contribution in [2.75, 3.05) is 6.79 Å². The molecule has 4 nitrogen and oxygen atoms in total. The minimum Gasteiger partial charge on any atom is -0.454 e. The van der Waals surface area contributed by atoms with Gasteiger partial charge in [0.25, 0.3) is 0 Å². The fourth-order valence-electron chi connectivity index (χ4n) is 2.60. The Labute approximate surface area is 136 Å². The lowest BCUT2D eigenvalue weighted by molar-refractivity contribution is -0.121. The Kier molecular flexibility index (Phi) is 5.14. The second kappa shape index (κ2) is 7.68. The lowest BCUT2D eigenvalue weighted by Crippen LogP contribution is -2.22. The van der Waals surface area contributed by atoms with Gasteiger partial charge in [-0.3, -0.25) is 4.79 Å². The number of unbranched alkanes of at least 4 members (excludes halogenated alkanes) is 1. The van der Waals surface area contributed by atoms with Crippen LogP contribution >= 0.6 is 0 Å². The van der Waals surface area contributed by atoms with Crippen molar-refractivity contribution in [1.82, 2.24) is 5.32 Å². The first-order chi connectivity index (χ1) is 11.3. The highest BCUT2D eigenvalue weighted by molar-refractivity contribution is 5.75. The van der Waals surface area contributed by atoms with E-state index in [0.29, 0.717) is 13.0 Å². The molecule has 0 radical (unpaired) electrons. The molecule has 0 aromatic heterocycles. The Balaban J connectivity index is 1.35. The minimum absolute atomic E-state index is 0.0933. The Bertz CT molecular complexity index is 655. The number of hydrogen-bond donors (Lipinski definition) is 1. The zero-order valence-corrected chi connectivity index (χ0v) is 13.1. The zero-order valence-electron chi connectivity index (χ0n) is 13.1. The average Bonchev–Trinajstić information content (AvgIpc) is 3.05. The van der Waals surface area contributed by atoms with Gasteiger partial charge in [0.05, 0.1) is 0 Å². The van der Waals surface area contributed by atoms with Crippen LogP contribution in [0.15, 0.2) is 48.5 Å². The first-order valence-corrected chi connectivity index (χ1v) is 8.00. The van der Waals surface area contributed by atoms with Crippen molar-refractivity contribution in [2.45, 2.75) is 32.2 Å². The Hall–Kier alpha value is -2.49. The summed E-state index contributed by atoms with van der Waals surface area (Å²) in [6.07, 6.45) is 3.52. The Morgan fingerprint density at radius 1 is 0.957 bits per heavy atom. The van der Waals surface area contributed by atoms with Crippen LogP contribution in [0.1, 0.15) is 30.4 Å². The molecule has 1 aliphatic heterocycles. The van der Waals surface area contributed by atoms with Gasteiger partial charge in [-0.05, 0) is 42.5 Å². The van der Waals surface area contributed by atoms with E-state index in [0.717, 1.165) is 36.3 Å². The first kappa shape index (κ1) is 15.4. The van der Waals surface area contributed by atoms with Crippen molar-refractivity contribution in [3.63, 3.8) is 0 Å². The Morgan fingerprint density at radius 3 is 2.65 bits per heavy atom. The maximum absolute atomic E-state index is 11.9. The first-order valence-electron chi connectivity index (χ1n) is 8.00. The quantitative estimate of drug-likeness (QED) is 0.797. The molecule has 1 amide bonds. The van der Waals surface area contributed by atoms with Gasteiger partial charge in [-0.1, -0.05) is 36.4 Å². The van der Waals surface area contributed by atoms with Crippen LogP contribution in [-0.2, 0) is 17.8 Å². The molecule has 0 bridgehead atoms. The number of benzene rings is 2. The van der Waals surface area contributed by atoms with Gasteiger partial charge in [0.15, 0.2) is 11.5 Å². The van der Waals surface area contributed by atoms with E-state index in [1.165, 1.54) is 5.56 Å². The molecule has 1 heterocycles. The number of hydrogen-bond acceptors (Lipinski definition) is 3. The van der Waals surface area contributed by atoms with Crippen molar-refractivity contribution in [3.8, 4) is 11.5 Å². The van der Waals surface area contributed by atoms with E-state index in [-0.39, 0.29) is 12.7 Å². The normalized spacial score (nSPS) is 12.2. The summed E-state index contributed by atoms with van der Waals surface area (Å²) in [6, 6.07) is 16.1. The summed E-state index contributed by atoms with van der Waals surface area (Å²) in [5, 5.41) is 2.95. The van der Waals surface area contributed by atoms with Gasteiger partial charge in [-0.25, -0.2) is 0 Å². The minimum atomic E-state index is 0.0933. The lowest BCUT2D eigenvalue weighted by Gasteiger charge is -2.06. The van der Waals surface area contributed by atoms with E-state index in [2.05, 4.69) is 17.4 Å². The van der Waals surface area contributed by atoms with Crippen molar-refractivity contribution < 1.29 is 14.3 Å². The van der Waals surface area contributed by atoms with Crippen LogP contribution in [0.2, 0.25) is 0 Å². The predicted octanol–water partition coefficient (Wildman–Crippen LogP) is 3.44. The van der Waals surface area contributed by atoms with Crippen LogP contribution in [0, 0.1) is 0 Å². The third-order valence-corrected chi connectivity index (χ3v) is 3.89. The molecule has 2 aromatic rings. The van der Waals surface area contributed by atoms with Crippen LogP contribution in [0.25, 0.3) is 0 Å². The summed E-state index contributed by atoms with van der Waals surface area (Å²) in [4.78, 5) is 11.9. The molecular weight excluding hydrogens is 290 g/mol. The molecule has 0 spiro atoms. The smallest absolute Gasteiger partial charge is 0.231 e. The van der Waals surface area contributed by atoms with Gasteiger partial charge < -0.3 is 14.8 Å². The molecule has 0 aliphatic carbocycles. The van der Waals surface area contributed by atoms with Crippen LogP contribution in [-0.4, -0.2) is 12.7 Å². The number of ether oxygens (including phenoxy) is 2. The SMILES string of the molecule is O=C(CCCCc1ccccc1)NCc1ccc2c(c1)OCO2. The van der Waals surface area contributed by atoms with Gasteiger partial charge in [0.2, 0.25) is 12.7 Å². The van der Waals surface area contributed by atoms with E-state index >= 15 is 0 Å². The number of carbonyl (C=O) groups is 1. The molecule has 23 heavy (non-hydrogen) atoms. The van der Waals surface area contributed by atoms with Crippen molar-refractivity contribution >= 4 is 5.91 Å².